The van der Waals surface area contributed by atoms with Crippen LogP contribution in [0.2, 0.25) is 5.02 Å². The number of hydrogen-bond acceptors (Lipinski definition) is 6. The number of ether oxygens (including phenoxy) is 2. The third-order valence-corrected chi connectivity index (χ3v) is 8.38. The number of fused-ring (bicyclic) bond motifs is 1. The molecule has 0 aromatic heterocycles. The average molecular weight is 614 g/mol. The van der Waals surface area contributed by atoms with E-state index in [1.54, 1.807) is 36.4 Å². The highest BCUT2D eigenvalue weighted by Gasteiger charge is 2.33. The lowest BCUT2D eigenvalue weighted by molar-refractivity contribution is -0.140. The highest BCUT2D eigenvalue weighted by Crippen LogP contribution is 2.35. The minimum absolute atomic E-state index is 0.0452. The Morgan fingerprint density at radius 2 is 1.64 bits per heavy atom. The Morgan fingerprint density at radius 1 is 0.952 bits per heavy atom. The van der Waals surface area contributed by atoms with Crippen LogP contribution < -0.4 is 19.1 Å². The minimum atomic E-state index is -3.91. The number of benzene rings is 3. The van der Waals surface area contributed by atoms with Crippen LogP contribution in [0.3, 0.4) is 0 Å². The van der Waals surface area contributed by atoms with Crippen molar-refractivity contribution in [2.75, 3.05) is 30.3 Å². The van der Waals surface area contributed by atoms with Gasteiger partial charge in [0.15, 0.2) is 11.5 Å². The summed E-state index contributed by atoms with van der Waals surface area (Å²) < 4.78 is 38.3. The van der Waals surface area contributed by atoms with E-state index in [0.29, 0.717) is 41.7 Å². The van der Waals surface area contributed by atoms with E-state index < -0.39 is 28.5 Å². The molecule has 42 heavy (non-hydrogen) atoms. The van der Waals surface area contributed by atoms with Crippen LogP contribution in [-0.2, 0) is 32.6 Å². The van der Waals surface area contributed by atoms with Crippen molar-refractivity contribution in [3.63, 3.8) is 0 Å². The van der Waals surface area contributed by atoms with Gasteiger partial charge in [-0.3, -0.25) is 13.9 Å². The zero-order valence-electron chi connectivity index (χ0n) is 24.0. The number of rotatable bonds is 12. The Labute approximate surface area is 252 Å². The lowest BCUT2D eigenvalue weighted by Crippen LogP contribution is -2.54. The smallest absolute Gasteiger partial charge is 0.244 e. The number of halogens is 1. The van der Waals surface area contributed by atoms with Gasteiger partial charge in [-0.2, -0.15) is 0 Å². The molecule has 1 aliphatic heterocycles. The van der Waals surface area contributed by atoms with Crippen LogP contribution in [0.15, 0.2) is 72.8 Å². The highest BCUT2D eigenvalue weighted by molar-refractivity contribution is 7.92. The maximum atomic E-state index is 14.2. The number of sulfonamides is 1. The van der Waals surface area contributed by atoms with Gasteiger partial charge in [-0.05, 0) is 48.7 Å². The second-order valence-corrected chi connectivity index (χ2v) is 12.6. The maximum absolute atomic E-state index is 14.2. The van der Waals surface area contributed by atoms with Gasteiger partial charge < -0.3 is 19.7 Å². The van der Waals surface area contributed by atoms with Gasteiger partial charge >= 0.3 is 0 Å². The van der Waals surface area contributed by atoms with Gasteiger partial charge in [0.05, 0.1) is 11.9 Å². The van der Waals surface area contributed by atoms with Crippen molar-refractivity contribution in [1.82, 2.24) is 10.2 Å². The summed E-state index contributed by atoms with van der Waals surface area (Å²) in [5, 5.41) is 3.49. The molecule has 4 rings (SSSR count). The van der Waals surface area contributed by atoms with E-state index >= 15 is 0 Å². The van der Waals surface area contributed by atoms with Crippen molar-refractivity contribution in [1.29, 1.82) is 0 Å². The molecule has 1 heterocycles. The van der Waals surface area contributed by atoms with Crippen molar-refractivity contribution in [2.24, 2.45) is 0 Å². The predicted molar refractivity (Wildman–Crippen MR) is 163 cm³/mol. The molecule has 0 spiro atoms. The van der Waals surface area contributed by atoms with E-state index in [9.17, 15) is 18.0 Å². The first kappa shape index (κ1) is 31.2. The fourth-order valence-corrected chi connectivity index (χ4v) is 5.68. The molecule has 2 amide bonds. The molecule has 2 atom stereocenters. The lowest BCUT2D eigenvalue weighted by Gasteiger charge is -2.34. The first-order valence-corrected chi connectivity index (χ1v) is 16.0. The van der Waals surface area contributed by atoms with Crippen molar-refractivity contribution in [3.8, 4) is 11.5 Å². The monoisotopic (exact) mass is 613 g/mol. The second-order valence-electron chi connectivity index (χ2n) is 10.3. The molecule has 9 nitrogen and oxygen atoms in total. The summed E-state index contributed by atoms with van der Waals surface area (Å²) in [6, 6.07) is 20.1. The molecule has 0 aliphatic carbocycles. The zero-order chi connectivity index (χ0) is 30.3. The number of anilines is 1. The van der Waals surface area contributed by atoms with E-state index in [0.717, 1.165) is 16.1 Å². The van der Waals surface area contributed by atoms with E-state index in [1.165, 1.54) is 4.90 Å². The Hall–Kier alpha value is -3.76. The molecule has 0 saturated heterocycles. The molecule has 0 radical (unpaired) electrons. The summed E-state index contributed by atoms with van der Waals surface area (Å²) in [5.41, 5.74) is 1.81. The van der Waals surface area contributed by atoms with Crippen LogP contribution >= 0.6 is 11.6 Å². The van der Waals surface area contributed by atoms with Gasteiger partial charge in [-0.15, -0.1) is 0 Å². The third-order valence-electron chi connectivity index (χ3n) is 7.01. The fraction of sp³-hybridized carbons (Fsp3) is 0.355. The summed E-state index contributed by atoms with van der Waals surface area (Å²) in [6.07, 6.45) is 1.98. The van der Waals surface area contributed by atoms with Gasteiger partial charge in [0.25, 0.3) is 0 Å². The maximum Gasteiger partial charge on any atom is 0.244 e. The molecule has 0 saturated carbocycles. The standard InChI is InChI=1S/C31H36ClN3O6S/c1-4-22(2)33-31(37)27(18-23-9-6-5-7-10-23)34(20-24-11-8-12-25(32)17-24)30(36)21-35(42(3,38)39)26-13-14-28-29(19-26)41-16-15-40-28/h5-14,17,19,22,27H,4,15-16,18,20-21H2,1-3H3,(H,33,37)/t22-,27+/m0/s1. The number of nitrogens with one attached hydrogen (secondary N) is 1. The first-order valence-electron chi connectivity index (χ1n) is 13.8. The normalized spacial score (nSPS) is 14.0. The van der Waals surface area contributed by atoms with E-state index in [2.05, 4.69) is 5.32 Å². The molecule has 0 fully saturated rings. The van der Waals surface area contributed by atoms with E-state index in [-0.39, 0.29) is 30.6 Å². The SMILES string of the molecule is CC[C@H](C)NC(=O)[C@@H](Cc1ccccc1)N(Cc1cccc(Cl)c1)C(=O)CN(c1ccc2c(c1)OCCO2)S(C)(=O)=O. The van der Waals surface area contributed by atoms with Crippen molar-refractivity contribution in [3.05, 3.63) is 88.9 Å². The van der Waals surface area contributed by atoms with Crippen LogP contribution in [0.5, 0.6) is 11.5 Å². The fourth-order valence-electron chi connectivity index (χ4n) is 4.63. The van der Waals surface area contributed by atoms with Gasteiger partial charge in [0.1, 0.15) is 25.8 Å². The quantitative estimate of drug-likeness (QED) is 0.324. The number of hydrogen-bond donors (Lipinski definition) is 1. The molecular weight excluding hydrogens is 578 g/mol. The summed E-state index contributed by atoms with van der Waals surface area (Å²) in [4.78, 5) is 29.4. The molecule has 3 aromatic carbocycles. The van der Waals surface area contributed by atoms with Gasteiger partial charge in [0.2, 0.25) is 21.8 Å². The van der Waals surface area contributed by atoms with E-state index in [1.807, 2.05) is 50.2 Å². The zero-order valence-corrected chi connectivity index (χ0v) is 25.5. The molecule has 3 aromatic rings. The molecular formula is C31H36ClN3O6S. The summed E-state index contributed by atoms with van der Waals surface area (Å²) >= 11 is 6.26. The first-order chi connectivity index (χ1) is 20.0. The molecule has 1 aliphatic rings. The predicted octanol–water partition coefficient (Wildman–Crippen LogP) is 4.43. The Balaban J connectivity index is 1.73. The van der Waals surface area contributed by atoms with Crippen molar-refractivity contribution < 1.29 is 27.5 Å². The molecule has 11 heteroatoms. The number of carbonyl (C=O) groups excluding carboxylic acids is 2. The average Bonchev–Trinajstić information content (AvgIpc) is 2.97. The van der Waals surface area contributed by atoms with Crippen LogP contribution in [0.25, 0.3) is 0 Å². The lowest BCUT2D eigenvalue weighted by atomic mass is 10.0. The third kappa shape index (κ3) is 8.17. The Morgan fingerprint density at radius 3 is 2.31 bits per heavy atom. The van der Waals surface area contributed by atoms with Gasteiger partial charge in [-0.25, -0.2) is 8.42 Å². The van der Waals surface area contributed by atoms with E-state index in [4.69, 9.17) is 21.1 Å². The summed E-state index contributed by atoms with van der Waals surface area (Å²) in [5.74, 6) is 0.0202. The van der Waals surface area contributed by atoms with Gasteiger partial charge in [0, 0.05) is 30.1 Å². The van der Waals surface area contributed by atoms with Crippen LogP contribution in [0.1, 0.15) is 31.4 Å². The number of amides is 2. The van der Waals surface area contributed by atoms with Crippen LogP contribution in [0.4, 0.5) is 5.69 Å². The van der Waals surface area contributed by atoms with Crippen LogP contribution in [0, 0.1) is 0 Å². The van der Waals surface area contributed by atoms with Crippen molar-refractivity contribution >= 4 is 39.1 Å². The summed E-state index contributed by atoms with van der Waals surface area (Å²) in [6.45, 7) is 4.09. The Bertz CT molecular complexity index is 1500. The highest BCUT2D eigenvalue weighted by atomic mass is 35.5. The molecule has 224 valence electrons. The topological polar surface area (TPSA) is 105 Å². The van der Waals surface area contributed by atoms with Crippen molar-refractivity contribution in [2.45, 2.75) is 45.3 Å². The summed E-state index contributed by atoms with van der Waals surface area (Å²) in [7, 11) is -3.91. The number of carbonyl (C=O) groups is 2. The number of nitrogens with zero attached hydrogens (tertiary/aromatic N) is 2. The molecule has 0 bridgehead atoms. The van der Waals surface area contributed by atoms with Gasteiger partial charge in [-0.1, -0.05) is 61.0 Å². The minimum Gasteiger partial charge on any atom is -0.486 e. The Kier molecular flexibility index (Phi) is 10.3. The molecule has 1 N–H and O–H groups in total. The second kappa shape index (κ2) is 13.9. The van der Waals surface area contributed by atoms with Crippen LogP contribution in [-0.4, -0.2) is 63.2 Å². The largest absolute Gasteiger partial charge is 0.486 e. The molecule has 0 unspecified atom stereocenters.